The number of hydrogen-bond acceptors (Lipinski definition) is 5. The first-order chi connectivity index (χ1) is 9.06. The second-order valence-corrected chi connectivity index (χ2v) is 5.21. The molecule has 0 aliphatic carbocycles. The van der Waals surface area contributed by atoms with E-state index in [0.717, 1.165) is 36.6 Å². The summed E-state index contributed by atoms with van der Waals surface area (Å²) in [5.41, 5.74) is 7.94. The molecule has 2 heterocycles. The van der Waals surface area contributed by atoms with E-state index in [4.69, 9.17) is 10.5 Å². The lowest BCUT2D eigenvalue weighted by molar-refractivity contribution is -0.0424. The Morgan fingerprint density at radius 2 is 2.21 bits per heavy atom. The minimum Gasteiger partial charge on any atom is -0.394 e. The number of nitrogen functional groups attached to an aromatic ring is 1. The number of hydrogen-bond donors (Lipinski definition) is 2. The zero-order valence-electron chi connectivity index (χ0n) is 12.0. The number of nitrogens with two attached hydrogens (primary N) is 1. The number of nitrogens with zero attached hydrogens (tertiary/aromatic N) is 3. The molecule has 2 unspecified atom stereocenters. The molecule has 0 amide bonds. The van der Waals surface area contributed by atoms with Crippen molar-refractivity contribution in [2.24, 2.45) is 7.05 Å². The van der Waals surface area contributed by atoms with E-state index in [1.165, 1.54) is 0 Å². The van der Waals surface area contributed by atoms with Crippen molar-refractivity contribution in [3.8, 4) is 0 Å². The van der Waals surface area contributed by atoms with Crippen molar-refractivity contribution in [2.45, 2.75) is 38.9 Å². The molecule has 2 atom stereocenters. The third-order valence-electron chi connectivity index (χ3n) is 3.45. The fraction of sp³-hybridized carbons (Fsp3) is 0.769. The summed E-state index contributed by atoms with van der Waals surface area (Å²) < 4.78 is 7.50. The first kappa shape index (κ1) is 14.1. The number of rotatable bonds is 4. The van der Waals surface area contributed by atoms with Crippen LogP contribution in [0.15, 0.2) is 0 Å². The number of anilines is 2. The van der Waals surface area contributed by atoms with Crippen LogP contribution >= 0.6 is 0 Å². The Kier molecular flexibility index (Phi) is 4.31. The normalized spacial score (nSPS) is 23.9. The SMILES string of the molecule is CCCc1nn(C)c(N2CC(C)OC(CO)C2)c1N. The highest BCUT2D eigenvalue weighted by atomic mass is 16.5. The summed E-state index contributed by atoms with van der Waals surface area (Å²) in [6.07, 6.45) is 1.84. The average molecular weight is 268 g/mol. The van der Waals surface area contributed by atoms with E-state index >= 15 is 0 Å². The van der Waals surface area contributed by atoms with Crippen LogP contribution in [0, 0.1) is 0 Å². The lowest BCUT2D eigenvalue weighted by atomic mass is 10.2. The van der Waals surface area contributed by atoms with Crippen LogP contribution in [-0.4, -0.2) is 46.8 Å². The molecule has 2 rings (SSSR count). The van der Waals surface area contributed by atoms with Crippen molar-refractivity contribution in [3.63, 3.8) is 0 Å². The van der Waals surface area contributed by atoms with Crippen molar-refractivity contribution < 1.29 is 9.84 Å². The number of aliphatic hydroxyl groups excluding tert-OH is 1. The smallest absolute Gasteiger partial charge is 0.150 e. The van der Waals surface area contributed by atoms with Crippen molar-refractivity contribution in [1.29, 1.82) is 0 Å². The summed E-state index contributed by atoms with van der Waals surface area (Å²) in [6.45, 7) is 5.57. The highest BCUT2D eigenvalue weighted by Gasteiger charge is 2.28. The summed E-state index contributed by atoms with van der Waals surface area (Å²) in [7, 11) is 1.92. The van der Waals surface area contributed by atoms with E-state index in [1.54, 1.807) is 0 Å². The number of aryl methyl sites for hydroxylation is 2. The van der Waals surface area contributed by atoms with Crippen LogP contribution in [0.4, 0.5) is 11.5 Å². The Morgan fingerprint density at radius 3 is 2.84 bits per heavy atom. The van der Waals surface area contributed by atoms with Gasteiger partial charge in [0.2, 0.25) is 0 Å². The number of aliphatic hydroxyl groups is 1. The fourth-order valence-corrected chi connectivity index (χ4v) is 2.70. The first-order valence-corrected chi connectivity index (χ1v) is 6.89. The largest absolute Gasteiger partial charge is 0.394 e. The van der Waals surface area contributed by atoms with Crippen molar-refractivity contribution in [2.75, 3.05) is 30.3 Å². The zero-order valence-corrected chi connectivity index (χ0v) is 12.0. The topological polar surface area (TPSA) is 76.5 Å². The molecule has 0 bridgehead atoms. The van der Waals surface area contributed by atoms with E-state index in [-0.39, 0.29) is 18.8 Å². The van der Waals surface area contributed by atoms with Gasteiger partial charge in [0.25, 0.3) is 0 Å². The average Bonchev–Trinajstić information content (AvgIpc) is 2.64. The molecule has 6 nitrogen and oxygen atoms in total. The minimum absolute atomic E-state index is 0.0282. The second kappa shape index (κ2) is 5.79. The van der Waals surface area contributed by atoms with Gasteiger partial charge in [-0.05, 0) is 13.3 Å². The lowest BCUT2D eigenvalue weighted by Crippen LogP contribution is -2.48. The maximum absolute atomic E-state index is 9.30. The molecular formula is C13H24N4O2. The summed E-state index contributed by atoms with van der Waals surface area (Å²) in [5.74, 6) is 0.942. The molecular weight excluding hydrogens is 244 g/mol. The molecule has 1 aliphatic rings. The molecule has 108 valence electrons. The Hall–Kier alpha value is -1.27. The molecule has 19 heavy (non-hydrogen) atoms. The van der Waals surface area contributed by atoms with Gasteiger partial charge in [-0.2, -0.15) is 5.10 Å². The molecule has 6 heteroatoms. The van der Waals surface area contributed by atoms with E-state index in [1.807, 2.05) is 18.7 Å². The second-order valence-electron chi connectivity index (χ2n) is 5.21. The molecule has 1 aliphatic heterocycles. The monoisotopic (exact) mass is 268 g/mol. The summed E-state index contributed by atoms with van der Waals surface area (Å²) in [5, 5.41) is 13.8. The molecule has 1 fully saturated rings. The summed E-state index contributed by atoms with van der Waals surface area (Å²) >= 11 is 0. The lowest BCUT2D eigenvalue weighted by Gasteiger charge is -2.37. The van der Waals surface area contributed by atoms with Gasteiger partial charge in [-0.25, -0.2) is 0 Å². The van der Waals surface area contributed by atoms with Crippen LogP contribution in [0.2, 0.25) is 0 Å². The van der Waals surface area contributed by atoms with Crippen LogP contribution in [0.25, 0.3) is 0 Å². The quantitative estimate of drug-likeness (QED) is 0.833. The Morgan fingerprint density at radius 1 is 1.47 bits per heavy atom. The standard InChI is InChI=1S/C13H24N4O2/c1-4-5-11-12(14)13(16(3)15-11)17-6-9(2)19-10(7-17)8-18/h9-10,18H,4-8,14H2,1-3H3. The van der Waals surface area contributed by atoms with Crippen molar-refractivity contribution in [3.05, 3.63) is 5.69 Å². The third kappa shape index (κ3) is 2.84. The van der Waals surface area contributed by atoms with Crippen LogP contribution in [-0.2, 0) is 18.2 Å². The zero-order chi connectivity index (χ0) is 14.0. The highest BCUT2D eigenvalue weighted by molar-refractivity contribution is 5.66. The third-order valence-corrected chi connectivity index (χ3v) is 3.45. The van der Waals surface area contributed by atoms with Gasteiger partial charge in [0.05, 0.1) is 30.2 Å². The molecule has 1 aromatic rings. The fourth-order valence-electron chi connectivity index (χ4n) is 2.70. The van der Waals surface area contributed by atoms with Crippen LogP contribution < -0.4 is 10.6 Å². The van der Waals surface area contributed by atoms with Gasteiger partial charge >= 0.3 is 0 Å². The predicted molar refractivity (Wildman–Crippen MR) is 75.2 cm³/mol. The maximum Gasteiger partial charge on any atom is 0.150 e. The van der Waals surface area contributed by atoms with Gasteiger partial charge < -0.3 is 20.5 Å². The molecule has 1 saturated heterocycles. The van der Waals surface area contributed by atoms with E-state index in [2.05, 4.69) is 16.9 Å². The van der Waals surface area contributed by atoms with Gasteiger partial charge in [0.15, 0.2) is 5.82 Å². The summed E-state index contributed by atoms with van der Waals surface area (Å²) in [4.78, 5) is 2.16. The first-order valence-electron chi connectivity index (χ1n) is 6.89. The molecule has 1 aromatic heterocycles. The highest BCUT2D eigenvalue weighted by Crippen LogP contribution is 2.29. The van der Waals surface area contributed by atoms with Crippen LogP contribution in [0.1, 0.15) is 26.0 Å². The van der Waals surface area contributed by atoms with Crippen molar-refractivity contribution in [1.82, 2.24) is 9.78 Å². The number of morpholine rings is 1. The Labute approximate surface area is 114 Å². The van der Waals surface area contributed by atoms with Gasteiger partial charge in [0, 0.05) is 20.1 Å². The van der Waals surface area contributed by atoms with Crippen LogP contribution in [0.3, 0.4) is 0 Å². The molecule has 0 aromatic carbocycles. The van der Waals surface area contributed by atoms with Gasteiger partial charge in [0.1, 0.15) is 0 Å². The van der Waals surface area contributed by atoms with E-state index in [9.17, 15) is 5.11 Å². The van der Waals surface area contributed by atoms with E-state index in [0.29, 0.717) is 6.54 Å². The van der Waals surface area contributed by atoms with Crippen molar-refractivity contribution >= 4 is 11.5 Å². The Bertz CT molecular complexity index is 433. The van der Waals surface area contributed by atoms with Gasteiger partial charge in [-0.15, -0.1) is 0 Å². The number of aromatic nitrogens is 2. The molecule has 3 N–H and O–H groups in total. The predicted octanol–water partition coefficient (Wildman–Crippen LogP) is 0.541. The van der Waals surface area contributed by atoms with Crippen LogP contribution in [0.5, 0.6) is 0 Å². The number of ether oxygens (including phenoxy) is 1. The molecule has 0 spiro atoms. The molecule has 0 radical (unpaired) electrons. The Balaban J connectivity index is 2.25. The summed E-state index contributed by atoms with van der Waals surface area (Å²) in [6, 6.07) is 0. The van der Waals surface area contributed by atoms with Gasteiger partial charge in [-0.1, -0.05) is 13.3 Å². The minimum atomic E-state index is -0.160. The van der Waals surface area contributed by atoms with Gasteiger partial charge in [-0.3, -0.25) is 4.68 Å². The van der Waals surface area contributed by atoms with E-state index < -0.39 is 0 Å². The maximum atomic E-state index is 9.30. The molecule has 0 saturated carbocycles.